The highest BCUT2D eigenvalue weighted by Crippen LogP contribution is 2.36. The van der Waals surface area contributed by atoms with E-state index in [1.165, 1.54) is 19.1 Å². The third kappa shape index (κ3) is 3.29. The molecule has 3 aromatic heterocycles. The van der Waals surface area contributed by atoms with Crippen LogP contribution in [-0.2, 0) is 6.54 Å². The summed E-state index contributed by atoms with van der Waals surface area (Å²) in [5.74, 6) is 0.637. The van der Waals surface area contributed by atoms with Crippen molar-refractivity contribution in [2.75, 3.05) is 19.1 Å². The average Bonchev–Trinajstić information content (AvgIpc) is 3.28. The molecular weight excluding hydrogens is 386 g/mol. The van der Waals surface area contributed by atoms with Gasteiger partial charge in [0.1, 0.15) is 5.69 Å². The van der Waals surface area contributed by atoms with Crippen LogP contribution in [0, 0.1) is 0 Å². The van der Waals surface area contributed by atoms with Crippen LogP contribution in [0.5, 0.6) is 11.6 Å². The monoisotopic (exact) mass is 407 g/mol. The van der Waals surface area contributed by atoms with Crippen LogP contribution in [0.1, 0.15) is 23.0 Å². The van der Waals surface area contributed by atoms with Crippen molar-refractivity contribution < 1.29 is 19.4 Å². The van der Waals surface area contributed by atoms with E-state index in [-0.39, 0.29) is 5.91 Å². The van der Waals surface area contributed by atoms with Crippen LogP contribution in [0.25, 0.3) is 17.0 Å². The summed E-state index contributed by atoms with van der Waals surface area (Å²) in [5.41, 5.74) is 3.33. The molecule has 0 aliphatic carbocycles. The Morgan fingerprint density at radius 2 is 2.03 bits per heavy atom. The van der Waals surface area contributed by atoms with E-state index in [1.54, 1.807) is 48.4 Å². The number of carbonyl (C=O) groups excluding carboxylic acids is 1. The van der Waals surface area contributed by atoms with Crippen LogP contribution in [0.15, 0.2) is 43.4 Å². The molecule has 0 spiro atoms. The highest BCUT2D eigenvalue weighted by atomic mass is 16.5. The van der Waals surface area contributed by atoms with Gasteiger partial charge in [0.2, 0.25) is 0 Å². The third-order valence-corrected chi connectivity index (χ3v) is 4.73. The number of ether oxygens (including phenoxy) is 2. The molecule has 0 saturated carbocycles. The second-order valence-electron chi connectivity index (χ2n) is 6.89. The van der Waals surface area contributed by atoms with Crippen molar-refractivity contribution in [2.45, 2.75) is 19.6 Å². The topological polar surface area (TPSA) is 103 Å². The first-order valence-electron chi connectivity index (χ1n) is 9.26. The molecule has 0 aromatic carbocycles. The maximum absolute atomic E-state index is 13.0. The van der Waals surface area contributed by atoms with Gasteiger partial charge < -0.3 is 14.6 Å². The fraction of sp³-hybridized carbons (Fsp3) is 0.238. The number of hydrogen-bond donors (Lipinski definition) is 1. The first-order chi connectivity index (χ1) is 14.4. The Hall–Kier alpha value is -3.72. The molecule has 0 fully saturated rings. The third-order valence-electron chi connectivity index (χ3n) is 4.73. The molecule has 9 nitrogen and oxygen atoms in total. The van der Waals surface area contributed by atoms with Crippen LogP contribution in [0.4, 0.5) is 5.69 Å². The summed E-state index contributed by atoms with van der Waals surface area (Å²) in [6.45, 7) is 6.07. The van der Waals surface area contributed by atoms with Crippen molar-refractivity contribution in [3.05, 3.63) is 54.6 Å². The maximum Gasteiger partial charge on any atom is 0.265 e. The van der Waals surface area contributed by atoms with Gasteiger partial charge in [-0.1, -0.05) is 6.58 Å². The molecule has 0 radical (unpaired) electrons. The summed E-state index contributed by atoms with van der Waals surface area (Å²) in [6.07, 6.45) is 4.34. The van der Waals surface area contributed by atoms with Gasteiger partial charge in [-0.25, -0.2) is 9.97 Å². The SMILES string of the molecule is C=C1c2nc(-c3cnc(OC)c(OC)c3)ccc2C(=O)N1c1cnn(C[C@@H](C)O)c1. The van der Waals surface area contributed by atoms with Gasteiger partial charge in [0.15, 0.2) is 5.75 Å². The van der Waals surface area contributed by atoms with Crippen LogP contribution < -0.4 is 14.4 Å². The normalized spacial score (nSPS) is 14.1. The molecule has 30 heavy (non-hydrogen) atoms. The molecule has 1 N–H and O–H groups in total. The lowest BCUT2D eigenvalue weighted by Gasteiger charge is -2.14. The van der Waals surface area contributed by atoms with Gasteiger partial charge in [0.25, 0.3) is 11.8 Å². The average molecular weight is 407 g/mol. The van der Waals surface area contributed by atoms with Crippen LogP contribution >= 0.6 is 0 Å². The lowest BCUT2D eigenvalue weighted by atomic mass is 10.1. The molecule has 0 unspecified atom stereocenters. The maximum atomic E-state index is 13.0. The Morgan fingerprint density at radius 3 is 2.73 bits per heavy atom. The number of anilines is 1. The number of aliphatic hydroxyl groups excluding tert-OH is 1. The van der Waals surface area contributed by atoms with Gasteiger partial charge in [-0.05, 0) is 25.1 Å². The molecule has 0 bridgehead atoms. The van der Waals surface area contributed by atoms with E-state index < -0.39 is 6.10 Å². The lowest BCUT2D eigenvalue weighted by molar-refractivity contribution is 0.101. The molecule has 154 valence electrons. The predicted molar refractivity (Wildman–Crippen MR) is 110 cm³/mol. The Balaban J connectivity index is 1.68. The van der Waals surface area contributed by atoms with Crippen molar-refractivity contribution >= 4 is 17.3 Å². The quantitative estimate of drug-likeness (QED) is 0.669. The van der Waals surface area contributed by atoms with Crippen molar-refractivity contribution in [3.63, 3.8) is 0 Å². The van der Waals surface area contributed by atoms with Gasteiger partial charge in [0.05, 0.1) is 55.7 Å². The number of fused-ring (bicyclic) bond motifs is 1. The number of carbonyl (C=O) groups is 1. The number of aliphatic hydroxyl groups is 1. The predicted octanol–water partition coefficient (Wildman–Crippen LogP) is 2.37. The van der Waals surface area contributed by atoms with Gasteiger partial charge in [-0.15, -0.1) is 0 Å². The van der Waals surface area contributed by atoms with Gasteiger partial charge >= 0.3 is 0 Å². The minimum absolute atomic E-state index is 0.226. The number of aromatic nitrogens is 4. The first kappa shape index (κ1) is 19.6. The number of nitrogens with zero attached hydrogens (tertiary/aromatic N) is 5. The number of rotatable bonds is 6. The molecule has 1 amide bonds. The summed E-state index contributed by atoms with van der Waals surface area (Å²) in [4.78, 5) is 23.3. The second kappa shape index (κ2) is 7.60. The molecule has 1 aliphatic heterocycles. The number of methoxy groups -OCH3 is 2. The van der Waals surface area contributed by atoms with Crippen molar-refractivity contribution in [3.8, 4) is 22.9 Å². The van der Waals surface area contributed by atoms with Crippen LogP contribution in [0.3, 0.4) is 0 Å². The smallest absolute Gasteiger partial charge is 0.265 e. The van der Waals surface area contributed by atoms with E-state index in [0.29, 0.717) is 46.5 Å². The Morgan fingerprint density at radius 1 is 1.23 bits per heavy atom. The molecule has 4 heterocycles. The largest absolute Gasteiger partial charge is 0.491 e. The van der Waals surface area contributed by atoms with Gasteiger partial charge in [-0.3, -0.25) is 14.4 Å². The summed E-state index contributed by atoms with van der Waals surface area (Å²) in [6, 6.07) is 5.26. The van der Waals surface area contributed by atoms with E-state index in [1.807, 2.05) is 0 Å². The summed E-state index contributed by atoms with van der Waals surface area (Å²) < 4.78 is 12.1. The van der Waals surface area contributed by atoms with E-state index in [0.717, 1.165) is 5.56 Å². The molecule has 0 saturated heterocycles. The van der Waals surface area contributed by atoms with E-state index in [2.05, 4.69) is 21.6 Å². The van der Waals surface area contributed by atoms with Gasteiger partial charge in [-0.2, -0.15) is 5.10 Å². The Labute approximate surface area is 173 Å². The number of hydrogen-bond acceptors (Lipinski definition) is 7. The summed E-state index contributed by atoms with van der Waals surface area (Å²) in [7, 11) is 3.06. The van der Waals surface area contributed by atoms with E-state index >= 15 is 0 Å². The molecular formula is C21H21N5O4. The highest BCUT2D eigenvalue weighted by Gasteiger charge is 2.34. The molecule has 4 rings (SSSR count). The van der Waals surface area contributed by atoms with Crippen molar-refractivity contribution in [1.29, 1.82) is 0 Å². The zero-order valence-corrected chi connectivity index (χ0v) is 16.9. The second-order valence-corrected chi connectivity index (χ2v) is 6.89. The molecule has 9 heteroatoms. The molecule has 1 atom stereocenters. The lowest BCUT2D eigenvalue weighted by Crippen LogP contribution is -2.21. The van der Waals surface area contributed by atoms with Gasteiger partial charge in [0, 0.05) is 18.0 Å². The molecule has 1 aliphatic rings. The fourth-order valence-electron chi connectivity index (χ4n) is 3.34. The minimum atomic E-state index is -0.549. The highest BCUT2D eigenvalue weighted by molar-refractivity contribution is 6.21. The summed E-state index contributed by atoms with van der Waals surface area (Å²) in [5, 5.41) is 13.7. The summed E-state index contributed by atoms with van der Waals surface area (Å²) >= 11 is 0. The van der Waals surface area contributed by atoms with Crippen LogP contribution in [-0.4, -0.2) is 51.1 Å². The first-order valence-corrected chi connectivity index (χ1v) is 9.26. The molecule has 3 aromatic rings. The van der Waals surface area contributed by atoms with Crippen LogP contribution in [0.2, 0.25) is 0 Å². The van der Waals surface area contributed by atoms with Crippen molar-refractivity contribution in [1.82, 2.24) is 19.7 Å². The fourth-order valence-corrected chi connectivity index (χ4v) is 3.34. The number of pyridine rings is 2. The zero-order valence-electron chi connectivity index (χ0n) is 16.9. The Bertz CT molecular complexity index is 1140. The van der Waals surface area contributed by atoms with E-state index in [4.69, 9.17) is 9.47 Å². The van der Waals surface area contributed by atoms with Crippen molar-refractivity contribution in [2.24, 2.45) is 0 Å². The zero-order chi connectivity index (χ0) is 21.4. The standard InChI is InChI=1S/C21H21N5O4/c1-12(27)10-25-11-15(9-23-25)26-13(2)19-16(21(26)28)5-6-17(24-19)14-7-18(29-3)20(30-4)22-8-14/h5-9,11-12,27H,2,10H2,1,3-4H3/t12-/m1/s1. The number of amides is 1. The minimum Gasteiger partial charge on any atom is -0.491 e. The van der Waals surface area contributed by atoms with E-state index in [9.17, 15) is 9.90 Å². The Kier molecular flexibility index (Phi) is 4.96.